The van der Waals surface area contributed by atoms with Crippen molar-refractivity contribution in [1.29, 1.82) is 0 Å². The van der Waals surface area contributed by atoms with Gasteiger partial charge in [0.05, 0.1) is 0 Å². The van der Waals surface area contributed by atoms with Crippen LogP contribution >= 0.6 is 0 Å². The first-order chi connectivity index (χ1) is 14.1. The van der Waals surface area contributed by atoms with Gasteiger partial charge in [0, 0.05) is 22.4 Å². The van der Waals surface area contributed by atoms with E-state index in [0.29, 0.717) is 17.3 Å². The molecular formula is C24H21N3O2. The number of nitrogens with one attached hydrogen (secondary N) is 1. The average molecular weight is 383 g/mol. The Morgan fingerprint density at radius 1 is 0.897 bits per heavy atom. The SMILES string of the molecule is CCc1cccc(NC(=O)c2ccc(-c3nnc(-c4cccc(C)c4)o3)cc2)c1. The summed E-state index contributed by atoms with van der Waals surface area (Å²) >= 11 is 0. The molecular weight excluding hydrogens is 362 g/mol. The highest BCUT2D eigenvalue weighted by Crippen LogP contribution is 2.25. The van der Waals surface area contributed by atoms with E-state index in [9.17, 15) is 4.79 Å². The van der Waals surface area contributed by atoms with Crippen molar-refractivity contribution in [3.05, 3.63) is 89.5 Å². The summed E-state index contributed by atoms with van der Waals surface area (Å²) in [7, 11) is 0. The zero-order valence-corrected chi connectivity index (χ0v) is 16.3. The van der Waals surface area contributed by atoms with Crippen molar-refractivity contribution in [2.75, 3.05) is 5.32 Å². The first kappa shape index (κ1) is 18.6. The van der Waals surface area contributed by atoms with Crippen LogP contribution in [0.5, 0.6) is 0 Å². The van der Waals surface area contributed by atoms with Gasteiger partial charge in [-0.25, -0.2) is 0 Å². The lowest BCUT2D eigenvalue weighted by Crippen LogP contribution is -2.11. The predicted molar refractivity (Wildman–Crippen MR) is 114 cm³/mol. The molecule has 0 atom stereocenters. The minimum Gasteiger partial charge on any atom is -0.416 e. The second-order valence-corrected chi connectivity index (χ2v) is 6.87. The van der Waals surface area contributed by atoms with Crippen LogP contribution in [0.3, 0.4) is 0 Å². The molecule has 0 unspecified atom stereocenters. The van der Waals surface area contributed by atoms with Crippen molar-refractivity contribution in [3.63, 3.8) is 0 Å². The molecule has 3 aromatic carbocycles. The molecule has 1 N–H and O–H groups in total. The maximum atomic E-state index is 12.5. The van der Waals surface area contributed by atoms with Crippen LogP contribution in [-0.4, -0.2) is 16.1 Å². The molecule has 0 spiro atoms. The highest BCUT2D eigenvalue weighted by molar-refractivity contribution is 6.04. The first-order valence-electron chi connectivity index (χ1n) is 9.53. The number of carbonyl (C=O) groups excluding carboxylic acids is 1. The minimum absolute atomic E-state index is 0.157. The Kier molecular flexibility index (Phi) is 5.20. The van der Waals surface area contributed by atoms with Gasteiger partial charge in [-0.3, -0.25) is 4.79 Å². The number of nitrogens with zero attached hydrogens (tertiary/aromatic N) is 2. The summed E-state index contributed by atoms with van der Waals surface area (Å²) < 4.78 is 5.81. The summed E-state index contributed by atoms with van der Waals surface area (Å²) in [6, 6.07) is 22.9. The number of benzene rings is 3. The number of aromatic nitrogens is 2. The monoisotopic (exact) mass is 383 g/mol. The van der Waals surface area contributed by atoms with Crippen molar-refractivity contribution < 1.29 is 9.21 Å². The Balaban J connectivity index is 1.50. The molecule has 4 aromatic rings. The third kappa shape index (κ3) is 4.24. The van der Waals surface area contributed by atoms with Crippen LogP contribution in [0.2, 0.25) is 0 Å². The number of anilines is 1. The summed E-state index contributed by atoms with van der Waals surface area (Å²) in [4.78, 5) is 12.5. The summed E-state index contributed by atoms with van der Waals surface area (Å²) in [5.41, 5.74) is 5.31. The van der Waals surface area contributed by atoms with Gasteiger partial charge >= 0.3 is 0 Å². The standard InChI is InChI=1S/C24H21N3O2/c1-3-17-7-5-9-21(15-17)25-22(28)18-10-12-19(13-11-18)23-26-27-24(29-23)20-8-4-6-16(2)14-20/h4-15H,3H2,1-2H3,(H,25,28). The summed E-state index contributed by atoms with van der Waals surface area (Å²) in [6.07, 6.45) is 0.924. The van der Waals surface area contributed by atoms with Gasteiger partial charge < -0.3 is 9.73 Å². The minimum atomic E-state index is -0.157. The van der Waals surface area contributed by atoms with Crippen molar-refractivity contribution in [2.24, 2.45) is 0 Å². The molecule has 0 aliphatic rings. The first-order valence-corrected chi connectivity index (χ1v) is 9.53. The van der Waals surface area contributed by atoms with Crippen LogP contribution in [-0.2, 0) is 6.42 Å². The Morgan fingerprint density at radius 2 is 1.62 bits per heavy atom. The highest BCUT2D eigenvalue weighted by Gasteiger charge is 2.12. The number of carbonyl (C=O) groups is 1. The van der Waals surface area contributed by atoms with Gasteiger partial charge in [0.25, 0.3) is 5.91 Å². The van der Waals surface area contributed by atoms with Crippen LogP contribution in [0.1, 0.15) is 28.4 Å². The van der Waals surface area contributed by atoms with E-state index in [1.165, 1.54) is 5.56 Å². The van der Waals surface area contributed by atoms with Gasteiger partial charge in [0.2, 0.25) is 11.8 Å². The molecule has 4 rings (SSSR count). The number of rotatable bonds is 5. The molecule has 0 radical (unpaired) electrons. The van der Waals surface area contributed by atoms with Crippen molar-refractivity contribution in [2.45, 2.75) is 20.3 Å². The molecule has 0 aliphatic heterocycles. The molecule has 0 saturated heterocycles. The number of hydrogen-bond acceptors (Lipinski definition) is 4. The van der Waals surface area contributed by atoms with Crippen LogP contribution in [0.15, 0.2) is 77.2 Å². The van der Waals surface area contributed by atoms with E-state index < -0.39 is 0 Å². The third-order valence-corrected chi connectivity index (χ3v) is 4.68. The Labute approximate surface area is 169 Å². The van der Waals surface area contributed by atoms with Gasteiger partial charge in [-0.2, -0.15) is 0 Å². The molecule has 29 heavy (non-hydrogen) atoms. The molecule has 0 aliphatic carbocycles. The Bertz CT molecular complexity index is 1150. The summed E-state index contributed by atoms with van der Waals surface area (Å²) in [5.74, 6) is 0.737. The van der Waals surface area contributed by atoms with E-state index in [1.54, 1.807) is 12.1 Å². The predicted octanol–water partition coefficient (Wildman–Crippen LogP) is 5.53. The van der Waals surface area contributed by atoms with Crippen molar-refractivity contribution in [3.8, 4) is 22.9 Å². The zero-order chi connectivity index (χ0) is 20.2. The Hall–Kier alpha value is -3.73. The molecule has 1 heterocycles. The molecule has 0 saturated carbocycles. The summed E-state index contributed by atoms with van der Waals surface area (Å²) in [6.45, 7) is 4.10. The normalized spacial score (nSPS) is 10.7. The van der Waals surface area contributed by atoms with Gasteiger partial charge in [0.1, 0.15) is 0 Å². The van der Waals surface area contributed by atoms with Crippen LogP contribution in [0.25, 0.3) is 22.9 Å². The maximum Gasteiger partial charge on any atom is 0.255 e. The number of aryl methyl sites for hydroxylation is 2. The van der Waals surface area contributed by atoms with Gasteiger partial charge in [0.15, 0.2) is 0 Å². The lowest BCUT2D eigenvalue weighted by Gasteiger charge is -2.07. The smallest absolute Gasteiger partial charge is 0.255 e. The van der Waals surface area contributed by atoms with Gasteiger partial charge in [-0.15, -0.1) is 10.2 Å². The molecule has 1 aromatic heterocycles. The molecule has 1 amide bonds. The topological polar surface area (TPSA) is 68.0 Å². The summed E-state index contributed by atoms with van der Waals surface area (Å²) in [5, 5.41) is 11.2. The van der Waals surface area contributed by atoms with Crippen LogP contribution < -0.4 is 5.32 Å². The van der Waals surface area contributed by atoms with E-state index in [2.05, 4.69) is 22.4 Å². The van der Waals surface area contributed by atoms with E-state index in [4.69, 9.17) is 4.42 Å². The van der Waals surface area contributed by atoms with Crippen molar-refractivity contribution in [1.82, 2.24) is 10.2 Å². The quantitative estimate of drug-likeness (QED) is 0.492. The fourth-order valence-corrected chi connectivity index (χ4v) is 3.07. The molecule has 0 fully saturated rings. The van der Waals surface area contributed by atoms with Crippen LogP contribution in [0.4, 0.5) is 5.69 Å². The molecule has 0 bridgehead atoms. The molecule has 5 heteroatoms. The lowest BCUT2D eigenvalue weighted by atomic mass is 10.1. The van der Waals surface area contributed by atoms with Crippen LogP contribution in [0, 0.1) is 6.92 Å². The second-order valence-electron chi connectivity index (χ2n) is 6.87. The lowest BCUT2D eigenvalue weighted by molar-refractivity contribution is 0.102. The molecule has 5 nitrogen and oxygen atoms in total. The highest BCUT2D eigenvalue weighted by atomic mass is 16.4. The fourth-order valence-electron chi connectivity index (χ4n) is 3.07. The second kappa shape index (κ2) is 8.10. The van der Waals surface area contributed by atoms with E-state index in [-0.39, 0.29) is 5.91 Å². The third-order valence-electron chi connectivity index (χ3n) is 4.68. The average Bonchev–Trinajstić information content (AvgIpc) is 3.24. The van der Waals surface area contributed by atoms with E-state index in [0.717, 1.165) is 28.8 Å². The maximum absolute atomic E-state index is 12.5. The van der Waals surface area contributed by atoms with Crippen molar-refractivity contribution >= 4 is 11.6 Å². The largest absolute Gasteiger partial charge is 0.416 e. The van der Waals surface area contributed by atoms with E-state index >= 15 is 0 Å². The fraction of sp³-hybridized carbons (Fsp3) is 0.125. The van der Waals surface area contributed by atoms with E-state index in [1.807, 2.05) is 67.6 Å². The zero-order valence-electron chi connectivity index (χ0n) is 16.3. The van der Waals surface area contributed by atoms with Gasteiger partial charge in [-0.05, 0) is 67.4 Å². The number of hydrogen-bond donors (Lipinski definition) is 1. The van der Waals surface area contributed by atoms with Gasteiger partial charge in [-0.1, -0.05) is 36.8 Å². The molecule has 144 valence electrons. The Morgan fingerprint density at radius 3 is 2.34 bits per heavy atom. The number of amides is 1.